The van der Waals surface area contributed by atoms with Crippen molar-refractivity contribution < 1.29 is 8.42 Å². The second-order valence-corrected chi connectivity index (χ2v) is 7.20. The number of fused-ring (bicyclic) bond motifs is 1. The van der Waals surface area contributed by atoms with Crippen molar-refractivity contribution in [3.63, 3.8) is 0 Å². The van der Waals surface area contributed by atoms with Gasteiger partial charge in [0, 0.05) is 24.1 Å². The number of rotatable bonds is 3. The summed E-state index contributed by atoms with van der Waals surface area (Å²) in [7, 11) is -1.10. The van der Waals surface area contributed by atoms with E-state index in [2.05, 4.69) is 0 Å². The lowest BCUT2D eigenvalue weighted by molar-refractivity contribution is 0.586. The molecule has 92 valence electrons. The lowest BCUT2D eigenvalue weighted by atomic mass is 10.2. The van der Waals surface area contributed by atoms with Gasteiger partial charge in [-0.25, -0.2) is 8.42 Å². The summed E-state index contributed by atoms with van der Waals surface area (Å²) in [6.45, 7) is 3.45. The highest BCUT2D eigenvalue weighted by atomic mass is 32.2. The Kier molecular flexibility index (Phi) is 3.00. The third-order valence-corrected chi connectivity index (χ3v) is 5.20. The number of para-hydroxylation sites is 1. The molecule has 0 fully saturated rings. The molecule has 2 aromatic rings. The van der Waals surface area contributed by atoms with E-state index in [-0.39, 0.29) is 11.0 Å². The summed E-state index contributed by atoms with van der Waals surface area (Å²) in [5.74, 6) is 0.117. The molecular formula is C13H17NO2S. The second kappa shape index (κ2) is 4.18. The molecule has 0 amide bonds. The van der Waals surface area contributed by atoms with E-state index >= 15 is 0 Å². The van der Waals surface area contributed by atoms with Crippen LogP contribution in [0, 0.1) is 0 Å². The molecule has 1 aromatic carbocycles. The first-order chi connectivity index (χ1) is 7.92. The molecule has 0 unspecified atom stereocenters. The maximum absolute atomic E-state index is 11.9. The number of hydrogen-bond acceptors (Lipinski definition) is 2. The highest BCUT2D eigenvalue weighted by molar-refractivity contribution is 7.91. The minimum absolute atomic E-state index is 0.117. The van der Waals surface area contributed by atoms with Crippen LogP contribution < -0.4 is 0 Å². The van der Waals surface area contributed by atoms with Crippen LogP contribution in [-0.2, 0) is 22.6 Å². The number of nitrogens with zero attached hydrogens (tertiary/aromatic N) is 1. The molecule has 3 nitrogen and oxygen atoms in total. The maximum Gasteiger partial charge on any atom is 0.156 e. The van der Waals surface area contributed by atoms with Gasteiger partial charge in [-0.1, -0.05) is 18.2 Å². The van der Waals surface area contributed by atoms with Crippen molar-refractivity contribution >= 4 is 20.7 Å². The molecule has 0 saturated carbocycles. The minimum Gasteiger partial charge on any atom is -0.350 e. The zero-order valence-electron chi connectivity index (χ0n) is 10.3. The highest BCUT2D eigenvalue weighted by Gasteiger charge is 2.19. The van der Waals surface area contributed by atoms with Crippen molar-refractivity contribution in [1.29, 1.82) is 0 Å². The van der Waals surface area contributed by atoms with Crippen LogP contribution in [0.25, 0.3) is 10.9 Å². The summed E-state index contributed by atoms with van der Waals surface area (Å²) in [6.07, 6.45) is 1.91. The van der Waals surface area contributed by atoms with Crippen LogP contribution in [0.2, 0.25) is 0 Å². The number of sulfone groups is 1. The van der Waals surface area contributed by atoms with E-state index in [4.69, 9.17) is 0 Å². The first-order valence-corrected chi connectivity index (χ1v) is 7.38. The van der Waals surface area contributed by atoms with Crippen LogP contribution in [0.15, 0.2) is 30.5 Å². The second-order valence-electron chi connectivity index (χ2n) is 4.64. The fourth-order valence-corrected chi connectivity index (χ4v) is 2.92. The first kappa shape index (κ1) is 12.2. The van der Waals surface area contributed by atoms with Gasteiger partial charge < -0.3 is 4.57 Å². The molecule has 1 heterocycles. The van der Waals surface area contributed by atoms with E-state index in [9.17, 15) is 8.42 Å². The lowest BCUT2D eigenvalue weighted by Crippen LogP contribution is -2.15. The van der Waals surface area contributed by atoms with Gasteiger partial charge >= 0.3 is 0 Å². The summed E-state index contributed by atoms with van der Waals surface area (Å²) in [5.41, 5.74) is 1.96. The van der Waals surface area contributed by atoms with Crippen LogP contribution in [0.3, 0.4) is 0 Å². The van der Waals surface area contributed by atoms with Crippen molar-refractivity contribution in [2.24, 2.45) is 7.05 Å². The van der Waals surface area contributed by atoms with E-state index in [1.54, 1.807) is 13.8 Å². The standard InChI is InChI=1S/C13H17NO2S/c1-10(2)17(15,16)9-11-8-14(3)13-7-5-4-6-12(11)13/h4-8,10H,9H2,1-3H3. The highest BCUT2D eigenvalue weighted by Crippen LogP contribution is 2.23. The summed E-state index contributed by atoms with van der Waals surface area (Å²) in [4.78, 5) is 0. The predicted molar refractivity (Wildman–Crippen MR) is 70.7 cm³/mol. The van der Waals surface area contributed by atoms with Crippen molar-refractivity contribution in [3.8, 4) is 0 Å². The van der Waals surface area contributed by atoms with Crippen LogP contribution in [0.4, 0.5) is 0 Å². The minimum atomic E-state index is -3.04. The Balaban J connectivity index is 2.51. The van der Waals surface area contributed by atoms with Crippen LogP contribution in [-0.4, -0.2) is 18.2 Å². The Morgan fingerprint density at radius 3 is 2.53 bits per heavy atom. The quantitative estimate of drug-likeness (QED) is 0.840. The number of aromatic nitrogens is 1. The van der Waals surface area contributed by atoms with Crippen molar-refractivity contribution in [2.45, 2.75) is 24.9 Å². The summed E-state index contributed by atoms with van der Waals surface area (Å²) < 4.78 is 25.9. The Hall–Kier alpha value is -1.29. The van der Waals surface area contributed by atoms with E-state index in [1.165, 1.54) is 0 Å². The number of benzene rings is 1. The molecule has 0 atom stereocenters. The molecule has 4 heteroatoms. The fourth-order valence-electron chi connectivity index (χ4n) is 1.92. The first-order valence-electron chi connectivity index (χ1n) is 5.66. The molecule has 0 spiro atoms. The topological polar surface area (TPSA) is 39.1 Å². The Morgan fingerprint density at radius 2 is 1.88 bits per heavy atom. The summed E-state index contributed by atoms with van der Waals surface area (Å²) in [5, 5.41) is 0.695. The molecule has 0 aliphatic rings. The fraction of sp³-hybridized carbons (Fsp3) is 0.385. The normalized spacial score (nSPS) is 12.5. The van der Waals surface area contributed by atoms with Crippen molar-refractivity contribution in [2.75, 3.05) is 0 Å². The van der Waals surface area contributed by atoms with E-state index in [0.29, 0.717) is 0 Å². The molecule has 0 saturated heterocycles. The van der Waals surface area contributed by atoms with Gasteiger partial charge in [-0.05, 0) is 25.5 Å². The summed E-state index contributed by atoms with van der Waals surface area (Å²) in [6, 6.07) is 7.87. The van der Waals surface area contributed by atoms with Crippen molar-refractivity contribution in [1.82, 2.24) is 4.57 Å². The van der Waals surface area contributed by atoms with E-state index < -0.39 is 9.84 Å². The predicted octanol–water partition coefficient (Wildman–Crippen LogP) is 2.50. The molecule has 0 radical (unpaired) electrons. The Bertz CT molecular complexity index is 638. The number of hydrogen-bond donors (Lipinski definition) is 0. The average molecular weight is 251 g/mol. The Labute approximate surface area is 102 Å². The molecule has 2 rings (SSSR count). The summed E-state index contributed by atoms with van der Waals surface area (Å²) >= 11 is 0. The van der Waals surface area contributed by atoms with Gasteiger partial charge in [-0.2, -0.15) is 0 Å². The molecule has 0 aliphatic carbocycles. The Morgan fingerprint density at radius 1 is 1.24 bits per heavy atom. The largest absolute Gasteiger partial charge is 0.350 e. The third-order valence-electron chi connectivity index (χ3n) is 3.05. The molecule has 0 bridgehead atoms. The maximum atomic E-state index is 11.9. The van der Waals surface area contributed by atoms with Gasteiger partial charge in [-0.3, -0.25) is 0 Å². The van der Waals surface area contributed by atoms with Gasteiger partial charge in [0.1, 0.15) is 0 Å². The van der Waals surface area contributed by atoms with Gasteiger partial charge in [0.25, 0.3) is 0 Å². The van der Waals surface area contributed by atoms with Crippen LogP contribution in [0.5, 0.6) is 0 Å². The van der Waals surface area contributed by atoms with Gasteiger partial charge in [0.2, 0.25) is 0 Å². The van der Waals surface area contributed by atoms with Crippen LogP contribution >= 0.6 is 0 Å². The monoisotopic (exact) mass is 251 g/mol. The molecular weight excluding hydrogens is 234 g/mol. The van der Waals surface area contributed by atoms with Gasteiger partial charge in [-0.15, -0.1) is 0 Å². The number of aryl methyl sites for hydroxylation is 1. The zero-order valence-corrected chi connectivity index (χ0v) is 11.2. The lowest BCUT2D eigenvalue weighted by Gasteiger charge is -2.06. The molecule has 0 aliphatic heterocycles. The zero-order chi connectivity index (χ0) is 12.6. The molecule has 0 N–H and O–H groups in total. The smallest absolute Gasteiger partial charge is 0.156 e. The molecule has 1 aromatic heterocycles. The average Bonchev–Trinajstić information content (AvgIpc) is 2.56. The van der Waals surface area contributed by atoms with Gasteiger partial charge in [0.15, 0.2) is 9.84 Å². The SMILES string of the molecule is CC(C)S(=O)(=O)Cc1cn(C)c2ccccc12. The van der Waals surface area contributed by atoms with Crippen LogP contribution in [0.1, 0.15) is 19.4 Å². The van der Waals surface area contributed by atoms with Crippen molar-refractivity contribution in [3.05, 3.63) is 36.0 Å². The van der Waals surface area contributed by atoms with E-state index in [0.717, 1.165) is 16.5 Å². The van der Waals surface area contributed by atoms with Gasteiger partial charge in [0.05, 0.1) is 11.0 Å². The third kappa shape index (κ3) is 2.22. The van der Waals surface area contributed by atoms with E-state index in [1.807, 2.05) is 42.1 Å². The molecule has 17 heavy (non-hydrogen) atoms.